The SMILES string of the molecule is N#Cc1cccc(S(=O)(=O)OC2CCCCC2)c1. The van der Waals surface area contributed by atoms with Crippen LogP contribution in [0.1, 0.15) is 37.7 Å². The first-order valence-electron chi connectivity index (χ1n) is 6.05. The van der Waals surface area contributed by atoms with Crippen LogP contribution in [0.4, 0.5) is 0 Å². The Balaban J connectivity index is 2.17. The highest BCUT2D eigenvalue weighted by Crippen LogP contribution is 2.24. The van der Waals surface area contributed by atoms with Crippen LogP contribution in [-0.2, 0) is 14.3 Å². The average molecular weight is 265 g/mol. The fourth-order valence-electron chi connectivity index (χ4n) is 2.12. The van der Waals surface area contributed by atoms with Crippen molar-refractivity contribution in [2.24, 2.45) is 0 Å². The molecule has 2 rings (SSSR count). The molecule has 0 bridgehead atoms. The van der Waals surface area contributed by atoms with Crippen LogP contribution in [0, 0.1) is 11.3 Å². The summed E-state index contributed by atoms with van der Waals surface area (Å²) in [4.78, 5) is 0.0622. The molecule has 1 aliphatic rings. The molecule has 96 valence electrons. The van der Waals surface area contributed by atoms with E-state index in [1.807, 2.05) is 6.07 Å². The molecule has 1 fully saturated rings. The van der Waals surface area contributed by atoms with E-state index in [4.69, 9.17) is 9.44 Å². The van der Waals surface area contributed by atoms with Crippen molar-refractivity contribution in [1.29, 1.82) is 5.26 Å². The van der Waals surface area contributed by atoms with Gasteiger partial charge in [0.25, 0.3) is 10.1 Å². The van der Waals surface area contributed by atoms with Gasteiger partial charge in [0.05, 0.1) is 22.6 Å². The first-order valence-corrected chi connectivity index (χ1v) is 7.46. The smallest absolute Gasteiger partial charge is 0.263 e. The summed E-state index contributed by atoms with van der Waals surface area (Å²) in [6.07, 6.45) is 4.53. The topological polar surface area (TPSA) is 67.2 Å². The van der Waals surface area contributed by atoms with Crippen LogP contribution in [0.15, 0.2) is 29.2 Å². The van der Waals surface area contributed by atoms with Gasteiger partial charge in [-0.05, 0) is 31.0 Å². The molecule has 1 aromatic rings. The summed E-state index contributed by atoms with van der Waals surface area (Å²) in [6.45, 7) is 0. The highest BCUT2D eigenvalue weighted by Gasteiger charge is 2.23. The summed E-state index contributed by atoms with van der Waals surface area (Å²) in [5.74, 6) is 0. The van der Waals surface area contributed by atoms with Crippen molar-refractivity contribution in [1.82, 2.24) is 0 Å². The van der Waals surface area contributed by atoms with Gasteiger partial charge in [-0.3, -0.25) is 4.18 Å². The third-order valence-corrected chi connectivity index (χ3v) is 4.42. The largest absolute Gasteiger partial charge is 0.297 e. The highest BCUT2D eigenvalue weighted by molar-refractivity contribution is 7.86. The summed E-state index contributed by atoms with van der Waals surface area (Å²) in [6, 6.07) is 7.85. The molecule has 0 heterocycles. The number of benzene rings is 1. The zero-order chi connectivity index (χ0) is 13.0. The molecule has 1 aromatic carbocycles. The molecule has 0 unspecified atom stereocenters. The van der Waals surface area contributed by atoms with Crippen LogP contribution < -0.4 is 0 Å². The average Bonchev–Trinajstić information content (AvgIpc) is 2.39. The number of nitriles is 1. The number of hydrogen-bond acceptors (Lipinski definition) is 4. The molecule has 18 heavy (non-hydrogen) atoms. The Bertz CT molecular complexity index is 554. The van der Waals surface area contributed by atoms with E-state index in [1.165, 1.54) is 12.1 Å². The third kappa shape index (κ3) is 3.09. The predicted octanol–water partition coefficient (Wildman–Crippen LogP) is 2.60. The first-order chi connectivity index (χ1) is 8.62. The second-order valence-electron chi connectivity index (χ2n) is 4.45. The fraction of sp³-hybridized carbons (Fsp3) is 0.462. The minimum atomic E-state index is -3.74. The fourth-order valence-corrected chi connectivity index (χ4v) is 3.30. The van der Waals surface area contributed by atoms with E-state index in [2.05, 4.69) is 0 Å². The van der Waals surface area contributed by atoms with E-state index in [-0.39, 0.29) is 11.0 Å². The predicted molar refractivity (Wildman–Crippen MR) is 66.3 cm³/mol. The normalized spacial score (nSPS) is 17.3. The Morgan fingerprint density at radius 3 is 2.61 bits per heavy atom. The third-order valence-electron chi connectivity index (χ3n) is 3.07. The van der Waals surface area contributed by atoms with E-state index in [1.54, 1.807) is 12.1 Å². The first kappa shape index (κ1) is 13.1. The Hall–Kier alpha value is -1.38. The lowest BCUT2D eigenvalue weighted by molar-refractivity contribution is 0.162. The Kier molecular flexibility index (Phi) is 4.00. The van der Waals surface area contributed by atoms with Crippen molar-refractivity contribution in [2.45, 2.75) is 43.1 Å². The van der Waals surface area contributed by atoms with Gasteiger partial charge in [-0.15, -0.1) is 0 Å². The number of rotatable bonds is 3. The molecule has 5 heteroatoms. The minimum absolute atomic E-state index is 0.0622. The van der Waals surface area contributed by atoms with Gasteiger partial charge in [0, 0.05) is 0 Å². The molecule has 1 aliphatic carbocycles. The maximum atomic E-state index is 12.0. The van der Waals surface area contributed by atoms with E-state index in [0.717, 1.165) is 32.1 Å². The lowest BCUT2D eigenvalue weighted by atomic mass is 9.98. The van der Waals surface area contributed by atoms with Crippen molar-refractivity contribution < 1.29 is 12.6 Å². The van der Waals surface area contributed by atoms with Gasteiger partial charge >= 0.3 is 0 Å². The maximum Gasteiger partial charge on any atom is 0.297 e. The van der Waals surface area contributed by atoms with Gasteiger partial charge in [-0.1, -0.05) is 25.3 Å². The summed E-state index contributed by atoms with van der Waals surface area (Å²) >= 11 is 0. The van der Waals surface area contributed by atoms with Crippen LogP contribution >= 0.6 is 0 Å². The molecule has 0 atom stereocenters. The molecule has 4 nitrogen and oxygen atoms in total. The van der Waals surface area contributed by atoms with Gasteiger partial charge in [-0.25, -0.2) is 0 Å². The Morgan fingerprint density at radius 2 is 1.94 bits per heavy atom. The van der Waals surface area contributed by atoms with E-state index >= 15 is 0 Å². The quantitative estimate of drug-likeness (QED) is 0.788. The van der Waals surface area contributed by atoms with Crippen molar-refractivity contribution in [3.63, 3.8) is 0 Å². The van der Waals surface area contributed by atoms with Crippen molar-refractivity contribution in [3.8, 4) is 6.07 Å². The minimum Gasteiger partial charge on any atom is -0.263 e. The Morgan fingerprint density at radius 1 is 1.22 bits per heavy atom. The van der Waals surface area contributed by atoms with Crippen LogP contribution in [-0.4, -0.2) is 14.5 Å². The van der Waals surface area contributed by atoms with Crippen LogP contribution in [0.3, 0.4) is 0 Å². The molecule has 0 N–H and O–H groups in total. The van der Waals surface area contributed by atoms with Crippen LogP contribution in [0.2, 0.25) is 0 Å². The summed E-state index contributed by atoms with van der Waals surface area (Å²) < 4.78 is 29.3. The summed E-state index contributed by atoms with van der Waals surface area (Å²) in [7, 11) is -3.74. The van der Waals surface area contributed by atoms with Gasteiger partial charge in [-0.2, -0.15) is 13.7 Å². The van der Waals surface area contributed by atoms with Crippen molar-refractivity contribution in [2.75, 3.05) is 0 Å². The molecule has 0 saturated heterocycles. The van der Waals surface area contributed by atoms with Crippen LogP contribution in [0.5, 0.6) is 0 Å². The van der Waals surface area contributed by atoms with E-state index < -0.39 is 10.1 Å². The van der Waals surface area contributed by atoms with Crippen molar-refractivity contribution in [3.05, 3.63) is 29.8 Å². The monoisotopic (exact) mass is 265 g/mol. The standard InChI is InChI=1S/C13H15NO3S/c14-10-11-5-4-8-13(9-11)18(15,16)17-12-6-2-1-3-7-12/h4-5,8-9,12H,1-3,6-7H2. The van der Waals surface area contributed by atoms with Crippen LogP contribution in [0.25, 0.3) is 0 Å². The maximum absolute atomic E-state index is 12.0. The summed E-state index contributed by atoms with van der Waals surface area (Å²) in [5.41, 5.74) is 0.323. The van der Waals surface area contributed by atoms with Crippen molar-refractivity contribution >= 4 is 10.1 Å². The molecule has 0 spiro atoms. The van der Waals surface area contributed by atoms with Gasteiger partial charge in [0.2, 0.25) is 0 Å². The van der Waals surface area contributed by atoms with Gasteiger partial charge in [0.15, 0.2) is 0 Å². The zero-order valence-electron chi connectivity index (χ0n) is 10.0. The molecule has 0 aromatic heterocycles. The molecule has 0 amide bonds. The van der Waals surface area contributed by atoms with E-state index in [9.17, 15) is 8.42 Å². The summed E-state index contributed by atoms with van der Waals surface area (Å²) in [5, 5.41) is 8.76. The molecular weight excluding hydrogens is 250 g/mol. The zero-order valence-corrected chi connectivity index (χ0v) is 10.8. The van der Waals surface area contributed by atoms with E-state index in [0.29, 0.717) is 5.56 Å². The molecular formula is C13H15NO3S. The highest BCUT2D eigenvalue weighted by atomic mass is 32.2. The second kappa shape index (κ2) is 5.51. The van der Waals surface area contributed by atoms with Gasteiger partial charge < -0.3 is 0 Å². The van der Waals surface area contributed by atoms with Gasteiger partial charge in [0.1, 0.15) is 0 Å². The second-order valence-corrected chi connectivity index (χ2v) is 6.02. The molecule has 1 saturated carbocycles. The number of hydrogen-bond donors (Lipinski definition) is 0. The lowest BCUT2D eigenvalue weighted by Gasteiger charge is -2.21. The lowest BCUT2D eigenvalue weighted by Crippen LogP contribution is -2.21. The number of nitrogens with zero attached hydrogens (tertiary/aromatic N) is 1. The molecule has 0 radical (unpaired) electrons. The Labute approximate surface area is 107 Å². The molecule has 0 aliphatic heterocycles.